The molecule has 0 unspecified atom stereocenters. The van der Waals surface area contributed by atoms with E-state index < -0.39 is 17.0 Å². The predicted octanol–water partition coefficient (Wildman–Crippen LogP) is 10.8. The lowest BCUT2D eigenvalue weighted by Crippen LogP contribution is -2.17. The number of hydrogen-bond acceptors (Lipinski definition) is 6. The predicted molar refractivity (Wildman–Crippen MR) is 188 cm³/mol. The fourth-order valence-electron chi connectivity index (χ4n) is 6.93. The highest BCUT2D eigenvalue weighted by Crippen LogP contribution is 2.52. The molecule has 0 amide bonds. The molecule has 2 aromatic carbocycles. The van der Waals surface area contributed by atoms with E-state index in [0.29, 0.717) is 17.1 Å². The Bertz CT molecular complexity index is 2120. The van der Waals surface area contributed by atoms with E-state index in [1.165, 1.54) is 6.08 Å². The second kappa shape index (κ2) is 10.9. The van der Waals surface area contributed by atoms with Crippen LogP contribution in [-0.2, 0) is 5.41 Å². The number of anilines is 3. The number of furan rings is 1. The van der Waals surface area contributed by atoms with Gasteiger partial charge >= 0.3 is 0 Å². The molecule has 0 N–H and O–H groups in total. The summed E-state index contributed by atoms with van der Waals surface area (Å²) in [5, 5.41) is 0.202. The molecule has 0 bridgehead atoms. The van der Waals surface area contributed by atoms with E-state index in [4.69, 9.17) is 39.2 Å². The van der Waals surface area contributed by atoms with Gasteiger partial charge in [-0.1, -0.05) is 48.7 Å². The molecule has 236 valence electrons. The normalized spacial score (nSPS) is 15.3. The molecule has 3 aromatic heterocycles. The smallest absolute Gasteiger partial charge is 0.199 e. The number of carbonyl (C=O) groups excluding carboxylic acids is 2. The third kappa shape index (κ3) is 4.85. The lowest BCUT2D eigenvalue weighted by Gasteiger charge is -2.28. The van der Waals surface area contributed by atoms with Crippen molar-refractivity contribution in [3.8, 4) is 11.3 Å². The third-order valence-corrected chi connectivity index (χ3v) is 10.5. The lowest BCUT2D eigenvalue weighted by molar-refractivity contribution is 0.0990. The molecule has 6 nitrogen and oxygen atoms in total. The zero-order chi connectivity index (χ0) is 33.7. The maximum atomic E-state index is 13.5. The number of allylic oxidation sites excluding steroid dienone is 1. The molecular weight excluding hydrogens is 653 g/mol. The van der Waals surface area contributed by atoms with Gasteiger partial charge in [0.05, 0.1) is 26.2 Å². The van der Waals surface area contributed by atoms with Crippen LogP contribution in [0.5, 0.6) is 0 Å². The summed E-state index contributed by atoms with van der Waals surface area (Å²) >= 11 is 19.0. The van der Waals surface area contributed by atoms with Gasteiger partial charge in [-0.05, 0) is 100 Å². The molecule has 2 aliphatic carbocycles. The number of halogens is 3. The average molecular weight is 683 g/mol. The van der Waals surface area contributed by atoms with E-state index in [1.54, 1.807) is 6.92 Å². The monoisotopic (exact) mass is 681 g/mol. The van der Waals surface area contributed by atoms with Gasteiger partial charge in [-0.2, -0.15) is 0 Å². The van der Waals surface area contributed by atoms with Gasteiger partial charge in [0.1, 0.15) is 11.5 Å². The molecule has 47 heavy (non-hydrogen) atoms. The van der Waals surface area contributed by atoms with E-state index in [-0.39, 0.29) is 31.8 Å². The summed E-state index contributed by atoms with van der Waals surface area (Å²) in [6, 6.07) is 16.6. The fraction of sp³-hybridized carbons (Fsp3) is 0.211. The maximum absolute atomic E-state index is 13.5. The molecular formula is C38H30Cl3N3O3. The number of aromatic nitrogens is 2. The van der Waals surface area contributed by atoms with Crippen LogP contribution >= 0.6 is 34.8 Å². The number of carbonyl (C=O) groups is 2. The van der Waals surface area contributed by atoms with Gasteiger partial charge in [-0.25, -0.2) is 0 Å². The summed E-state index contributed by atoms with van der Waals surface area (Å²) < 4.78 is 6.39. The highest BCUT2D eigenvalue weighted by molar-refractivity contribution is 6.54. The van der Waals surface area contributed by atoms with Crippen molar-refractivity contribution in [1.29, 1.82) is 0 Å². The van der Waals surface area contributed by atoms with Gasteiger partial charge in [0, 0.05) is 61.9 Å². The minimum atomic E-state index is -0.499. The van der Waals surface area contributed by atoms with Crippen LogP contribution < -0.4 is 4.90 Å². The molecule has 0 aliphatic heterocycles. The van der Waals surface area contributed by atoms with Crippen molar-refractivity contribution in [3.63, 3.8) is 0 Å². The van der Waals surface area contributed by atoms with Gasteiger partial charge in [-0.15, -0.1) is 0 Å². The first-order chi connectivity index (χ1) is 22.2. The van der Waals surface area contributed by atoms with E-state index >= 15 is 0 Å². The molecule has 0 saturated heterocycles. The van der Waals surface area contributed by atoms with Crippen LogP contribution in [0.1, 0.15) is 79.8 Å². The Hall–Kier alpha value is -4.23. The molecule has 5 aromatic rings. The number of aryl methyl sites for hydroxylation is 4. The van der Waals surface area contributed by atoms with Crippen LogP contribution in [0.25, 0.3) is 17.4 Å². The Morgan fingerprint density at radius 2 is 1.23 bits per heavy atom. The van der Waals surface area contributed by atoms with Crippen LogP contribution in [0, 0.1) is 34.6 Å². The number of nitrogens with zero attached hydrogens (tertiary/aromatic N) is 3. The Balaban J connectivity index is 1.32. The summed E-state index contributed by atoms with van der Waals surface area (Å²) in [4.78, 5) is 38.3. The van der Waals surface area contributed by atoms with Gasteiger partial charge in [-0.3, -0.25) is 19.6 Å². The number of hydrogen-bond donors (Lipinski definition) is 0. The van der Waals surface area contributed by atoms with Crippen molar-refractivity contribution < 1.29 is 14.0 Å². The molecule has 0 fully saturated rings. The Kier molecular flexibility index (Phi) is 7.28. The van der Waals surface area contributed by atoms with Gasteiger partial charge in [0.2, 0.25) is 0 Å². The summed E-state index contributed by atoms with van der Waals surface area (Å²) in [5.74, 6) is 0.158. The second-order valence-corrected chi connectivity index (χ2v) is 14.0. The number of pyridine rings is 2. The molecule has 7 rings (SSSR count). The van der Waals surface area contributed by atoms with Crippen LogP contribution in [0.15, 0.2) is 58.5 Å². The van der Waals surface area contributed by atoms with E-state index in [2.05, 4.69) is 71.2 Å². The van der Waals surface area contributed by atoms with Gasteiger partial charge in [0.15, 0.2) is 11.6 Å². The van der Waals surface area contributed by atoms with Crippen molar-refractivity contribution in [3.05, 3.63) is 126 Å². The largest absolute Gasteiger partial charge is 0.456 e. The average Bonchev–Trinajstić information content (AvgIpc) is 3.59. The quantitative estimate of drug-likeness (QED) is 0.107. The van der Waals surface area contributed by atoms with Crippen LogP contribution in [0.3, 0.4) is 0 Å². The van der Waals surface area contributed by atoms with Crippen LogP contribution in [0.4, 0.5) is 17.1 Å². The standard InChI is InChI=1S/C38H30Cl3N3O3/c1-17-10-23(11-18(2)42-17)44(24-12-19(3)43-20(4)13-24)22-8-9-26-28(14-22)38(6,7)29-16-25(47-37(26)29)15-27-35(45)30-21(5)32(39)34(41)33(40)31(30)36(27)46/h8-16H,1-7H3/b27-15-. The van der Waals surface area contributed by atoms with Gasteiger partial charge in [0.25, 0.3) is 0 Å². The Labute approximate surface area is 288 Å². The molecule has 3 heterocycles. The van der Waals surface area contributed by atoms with Gasteiger partial charge < -0.3 is 9.32 Å². The number of ketones is 2. The first kappa shape index (κ1) is 31.4. The second-order valence-electron chi connectivity index (χ2n) is 12.8. The zero-order valence-corrected chi connectivity index (χ0v) is 29.2. The van der Waals surface area contributed by atoms with Crippen molar-refractivity contribution >= 4 is 69.5 Å². The van der Waals surface area contributed by atoms with Crippen LogP contribution in [0.2, 0.25) is 15.1 Å². The zero-order valence-electron chi connectivity index (χ0n) is 26.9. The number of fused-ring (bicyclic) bond motifs is 4. The lowest BCUT2D eigenvalue weighted by atomic mass is 9.82. The van der Waals surface area contributed by atoms with E-state index in [9.17, 15) is 9.59 Å². The number of benzene rings is 2. The molecule has 0 atom stereocenters. The summed E-state index contributed by atoms with van der Waals surface area (Å²) in [6.45, 7) is 13.9. The summed E-state index contributed by atoms with van der Waals surface area (Å²) in [5.41, 5.74) is 9.96. The van der Waals surface area contributed by atoms with Crippen molar-refractivity contribution in [1.82, 2.24) is 9.97 Å². The maximum Gasteiger partial charge on any atom is 0.199 e. The van der Waals surface area contributed by atoms with Crippen molar-refractivity contribution in [2.75, 3.05) is 4.90 Å². The number of Topliss-reactive ketones (excluding diaryl/α,β-unsaturated/α-hetero) is 2. The Morgan fingerprint density at radius 1 is 0.681 bits per heavy atom. The summed E-state index contributed by atoms with van der Waals surface area (Å²) in [7, 11) is 0. The first-order valence-corrected chi connectivity index (χ1v) is 16.3. The number of rotatable bonds is 4. The molecule has 9 heteroatoms. The van der Waals surface area contributed by atoms with Crippen molar-refractivity contribution in [2.24, 2.45) is 0 Å². The van der Waals surface area contributed by atoms with Crippen LogP contribution in [-0.4, -0.2) is 21.5 Å². The molecule has 0 radical (unpaired) electrons. The SMILES string of the molecule is Cc1cc(N(c2cc(C)nc(C)c2)c2ccc3c(c2)C(C)(C)c2cc(/C=C4/C(=O)c5c(C)c(Cl)c(Cl)c(Cl)c5C4=O)oc2-3)cc(C)n1. The topological polar surface area (TPSA) is 76.3 Å². The highest BCUT2D eigenvalue weighted by Gasteiger charge is 2.41. The first-order valence-electron chi connectivity index (χ1n) is 15.2. The fourth-order valence-corrected chi connectivity index (χ4v) is 7.68. The minimum Gasteiger partial charge on any atom is -0.456 e. The molecule has 2 aliphatic rings. The van der Waals surface area contributed by atoms with E-state index in [0.717, 1.165) is 56.5 Å². The molecule has 0 spiro atoms. The van der Waals surface area contributed by atoms with E-state index in [1.807, 2.05) is 33.8 Å². The third-order valence-electron chi connectivity index (χ3n) is 9.04. The van der Waals surface area contributed by atoms with Crippen molar-refractivity contribution in [2.45, 2.75) is 53.9 Å². The minimum absolute atomic E-state index is 0.0185. The Morgan fingerprint density at radius 3 is 1.81 bits per heavy atom. The molecule has 0 saturated carbocycles. The highest BCUT2D eigenvalue weighted by atomic mass is 35.5. The summed E-state index contributed by atoms with van der Waals surface area (Å²) in [6.07, 6.45) is 1.49.